The summed E-state index contributed by atoms with van der Waals surface area (Å²) in [7, 11) is 3.67. The van der Waals surface area contributed by atoms with Crippen molar-refractivity contribution in [3.05, 3.63) is 50.7 Å². The molecule has 2 rings (SSSR count). The van der Waals surface area contributed by atoms with Crippen LogP contribution in [0.3, 0.4) is 0 Å². The van der Waals surface area contributed by atoms with Crippen molar-refractivity contribution in [3.63, 3.8) is 0 Å². The Morgan fingerprint density at radius 1 is 1.54 bits per heavy atom. The van der Waals surface area contributed by atoms with E-state index in [-0.39, 0.29) is 23.0 Å². The smallest absolute Gasteiger partial charge is 0.286 e. The van der Waals surface area contributed by atoms with Gasteiger partial charge in [-0.3, -0.25) is 10.1 Å². The molecule has 0 aromatic carbocycles. The molecule has 0 radical (unpaired) electrons. The second-order valence-electron chi connectivity index (χ2n) is 6.16. The van der Waals surface area contributed by atoms with E-state index >= 15 is 0 Å². The van der Waals surface area contributed by atoms with Crippen molar-refractivity contribution >= 4 is 11.6 Å². The van der Waals surface area contributed by atoms with Gasteiger partial charge in [0.25, 0.3) is 5.70 Å². The molecule has 0 N–H and O–H groups in total. The van der Waals surface area contributed by atoms with Gasteiger partial charge in [-0.15, -0.1) is 0 Å². The molecule has 1 atom stereocenters. The summed E-state index contributed by atoms with van der Waals surface area (Å²) in [6, 6.07) is 3.58. The Balaban J connectivity index is 2.26. The van der Waals surface area contributed by atoms with Crippen LogP contribution in [0.15, 0.2) is 29.8 Å². The van der Waals surface area contributed by atoms with Gasteiger partial charge >= 0.3 is 0 Å². The Kier molecular flexibility index (Phi) is 6.01. The number of ether oxygens (including phenoxy) is 1. The molecule has 0 spiro atoms. The highest BCUT2D eigenvalue weighted by Gasteiger charge is 2.35. The normalized spacial score (nSPS) is 18.2. The molecule has 0 aliphatic carbocycles. The maximum absolute atomic E-state index is 11.5. The van der Waals surface area contributed by atoms with Gasteiger partial charge in [-0.25, -0.2) is 4.98 Å². The lowest BCUT2D eigenvalue weighted by atomic mass is 10.1. The Hall–Kier alpha value is -1.86. The summed E-state index contributed by atoms with van der Waals surface area (Å²) in [5.74, 6) is 0.576. The van der Waals surface area contributed by atoms with E-state index in [4.69, 9.17) is 16.3 Å². The van der Waals surface area contributed by atoms with Gasteiger partial charge in [-0.2, -0.15) is 0 Å². The molecule has 1 aliphatic rings. The Morgan fingerprint density at radius 3 is 2.79 bits per heavy atom. The number of nitrogens with zero attached hydrogens (tertiary/aromatic N) is 4. The van der Waals surface area contributed by atoms with Crippen LogP contribution >= 0.6 is 11.6 Å². The Bertz CT molecular complexity index is 618. The highest BCUT2D eigenvalue weighted by Crippen LogP contribution is 2.30. The molecule has 0 amide bonds. The third kappa shape index (κ3) is 4.36. The first kappa shape index (κ1) is 18.5. The van der Waals surface area contributed by atoms with Gasteiger partial charge in [0.15, 0.2) is 5.82 Å². The van der Waals surface area contributed by atoms with Crippen molar-refractivity contribution in [2.45, 2.75) is 45.6 Å². The number of rotatable bonds is 6. The summed E-state index contributed by atoms with van der Waals surface area (Å²) in [6.45, 7) is 4.42. The zero-order valence-corrected chi connectivity index (χ0v) is 15.2. The number of halogens is 1. The van der Waals surface area contributed by atoms with Crippen LogP contribution in [0.25, 0.3) is 0 Å². The van der Waals surface area contributed by atoms with Crippen molar-refractivity contribution in [2.24, 2.45) is 0 Å². The molecule has 0 saturated carbocycles. The van der Waals surface area contributed by atoms with Crippen molar-refractivity contribution in [1.29, 1.82) is 0 Å². The summed E-state index contributed by atoms with van der Waals surface area (Å²) >= 11 is 5.80. The lowest BCUT2D eigenvalue weighted by Crippen LogP contribution is -2.44. The Labute approximate surface area is 147 Å². The molecule has 1 unspecified atom stereocenters. The average Bonchev–Trinajstić information content (AvgIpc) is 2.50. The first-order chi connectivity index (χ1) is 11.3. The first-order valence-corrected chi connectivity index (χ1v) is 8.24. The van der Waals surface area contributed by atoms with E-state index in [2.05, 4.69) is 4.98 Å². The van der Waals surface area contributed by atoms with Gasteiger partial charge in [-0.1, -0.05) is 17.7 Å². The molecule has 132 valence electrons. The van der Waals surface area contributed by atoms with E-state index < -0.39 is 0 Å². The fraction of sp³-hybridized carbons (Fsp3) is 0.562. The largest absolute Gasteiger partial charge is 0.356 e. The monoisotopic (exact) mass is 354 g/mol. The third-order valence-electron chi connectivity index (χ3n) is 3.87. The number of pyridine rings is 1. The minimum absolute atomic E-state index is 0.0571. The maximum Gasteiger partial charge on any atom is 0.286 e. The van der Waals surface area contributed by atoms with Gasteiger partial charge in [0.05, 0.1) is 11.0 Å². The van der Waals surface area contributed by atoms with Crippen LogP contribution in [0, 0.1) is 10.1 Å². The minimum Gasteiger partial charge on any atom is -0.356 e. The van der Waals surface area contributed by atoms with Gasteiger partial charge < -0.3 is 14.5 Å². The van der Waals surface area contributed by atoms with Crippen molar-refractivity contribution in [2.75, 3.05) is 14.1 Å². The van der Waals surface area contributed by atoms with Gasteiger partial charge in [0.2, 0.25) is 0 Å². The van der Waals surface area contributed by atoms with E-state index in [1.807, 2.05) is 43.8 Å². The van der Waals surface area contributed by atoms with Crippen LogP contribution in [-0.4, -0.2) is 46.1 Å². The molecule has 0 bridgehead atoms. The van der Waals surface area contributed by atoms with Crippen molar-refractivity contribution < 1.29 is 9.66 Å². The summed E-state index contributed by atoms with van der Waals surface area (Å²) in [4.78, 5) is 18.9. The van der Waals surface area contributed by atoms with E-state index in [1.54, 1.807) is 12.3 Å². The Morgan fingerprint density at radius 2 is 2.25 bits per heavy atom. The predicted molar refractivity (Wildman–Crippen MR) is 91.7 cm³/mol. The zero-order valence-electron chi connectivity index (χ0n) is 14.4. The summed E-state index contributed by atoms with van der Waals surface area (Å²) < 4.78 is 5.89. The van der Waals surface area contributed by atoms with Crippen molar-refractivity contribution in [1.82, 2.24) is 14.8 Å². The number of nitro groups is 1. The standard InChI is InChI=1S/C16H23ClN4O3/c1-11(2)24-15-8-6-13(21(22)23)16(20(15)4)19(3)10-12-5-7-14(17)18-9-12/h5,7,9,11,15H,6,8,10H2,1-4H3. The van der Waals surface area contributed by atoms with Gasteiger partial charge in [0, 0.05) is 39.7 Å². The van der Waals surface area contributed by atoms with Crippen LogP contribution in [0.4, 0.5) is 0 Å². The molecule has 8 heteroatoms. The van der Waals surface area contributed by atoms with Gasteiger partial charge in [-0.05, 0) is 25.5 Å². The quantitative estimate of drug-likeness (QED) is 0.444. The van der Waals surface area contributed by atoms with Crippen LogP contribution < -0.4 is 0 Å². The fourth-order valence-corrected chi connectivity index (χ4v) is 3.00. The molecular formula is C16H23ClN4O3. The molecule has 1 aromatic heterocycles. The third-order valence-corrected chi connectivity index (χ3v) is 4.10. The number of hydrogen-bond donors (Lipinski definition) is 0. The fourth-order valence-electron chi connectivity index (χ4n) is 2.89. The average molecular weight is 355 g/mol. The topological polar surface area (TPSA) is 71.7 Å². The van der Waals surface area contributed by atoms with Crippen LogP contribution in [0.1, 0.15) is 32.3 Å². The predicted octanol–water partition coefficient (Wildman–Crippen LogP) is 3.09. The van der Waals surface area contributed by atoms with Gasteiger partial charge in [0.1, 0.15) is 11.4 Å². The van der Waals surface area contributed by atoms with Crippen molar-refractivity contribution in [3.8, 4) is 0 Å². The van der Waals surface area contributed by atoms with Crippen LogP contribution in [0.5, 0.6) is 0 Å². The number of aromatic nitrogens is 1. The molecule has 7 nitrogen and oxygen atoms in total. The molecule has 1 aliphatic heterocycles. The molecule has 1 aromatic rings. The lowest BCUT2D eigenvalue weighted by Gasteiger charge is -2.39. The summed E-state index contributed by atoms with van der Waals surface area (Å²) in [5, 5.41) is 11.9. The van der Waals surface area contributed by atoms with Crippen LogP contribution in [0.2, 0.25) is 5.15 Å². The molecule has 0 fully saturated rings. The SMILES string of the molecule is CC(C)OC1CCC([N+](=O)[O-])=C(N(C)Cc2ccc(Cl)nc2)N1C. The van der Waals surface area contributed by atoms with Crippen LogP contribution in [-0.2, 0) is 11.3 Å². The van der Waals surface area contributed by atoms with E-state index in [0.29, 0.717) is 30.4 Å². The number of hydrogen-bond acceptors (Lipinski definition) is 6. The van der Waals surface area contributed by atoms with E-state index in [9.17, 15) is 10.1 Å². The molecular weight excluding hydrogens is 332 g/mol. The summed E-state index contributed by atoms with van der Waals surface area (Å²) in [5.41, 5.74) is 1.14. The van der Waals surface area contributed by atoms with E-state index in [0.717, 1.165) is 5.56 Å². The second-order valence-corrected chi connectivity index (χ2v) is 6.55. The highest BCUT2D eigenvalue weighted by molar-refractivity contribution is 6.29. The lowest BCUT2D eigenvalue weighted by molar-refractivity contribution is -0.434. The number of allylic oxidation sites excluding steroid dienone is 1. The zero-order chi connectivity index (χ0) is 17.9. The summed E-state index contributed by atoms with van der Waals surface area (Å²) in [6.07, 6.45) is 2.55. The molecule has 2 heterocycles. The second kappa shape index (κ2) is 7.81. The van der Waals surface area contributed by atoms with E-state index in [1.165, 1.54) is 0 Å². The molecule has 24 heavy (non-hydrogen) atoms. The minimum atomic E-state index is -0.298. The maximum atomic E-state index is 11.5. The first-order valence-electron chi connectivity index (χ1n) is 7.87. The molecule has 0 saturated heterocycles. The highest BCUT2D eigenvalue weighted by atomic mass is 35.5.